The molecule has 1 aromatic carbocycles. The first-order valence-corrected chi connectivity index (χ1v) is 8.60. The Bertz CT molecular complexity index is 897. The zero-order chi connectivity index (χ0) is 18.7. The molecule has 0 bridgehead atoms. The molecule has 0 saturated carbocycles. The summed E-state index contributed by atoms with van der Waals surface area (Å²) in [7, 11) is 1.55. The lowest BCUT2D eigenvalue weighted by Crippen LogP contribution is -2.16. The van der Waals surface area contributed by atoms with Crippen LogP contribution in [0.4, 0.5) is 19.0 Å². The minimum atomic E-state index is -4.39. The van der Waals surface area contributed by atoms with Crippen molar-refractivity contribution in [2.24, 2.45) is 0 Å². The molecule has 0 spiro atoms. The van der Waals surface area contributed by atoms with E-state index in [0.29, 0.717) is 29.9 Å². The Hall–Kier alpha value is -2.13. The van der Waals surface area contributed by atoms with Crippen LogP contribution in [0.15, 0.2) is 47.3 Å². The Kier molecular flexibility index (Phi) is 5.47. The predicted molar refractivity (Wildman–Crippen MR) is 95.0 cm³/mol. The molecule has 2 aromatic heterocycles. The Labute approximate surface area is 156 Å². The van der Waals surface area contributed by atoms with E-state index >= 15 is 0 Å². The number of hydrogen-bond donors (Lipinski definition) is 1. The van der Waals surface area contributed by atoms with Gasteiger partial charge in [0.25, 0.3) is 0 Å². The number of methoxy groups -OCH3 is 1. The Morgan fingerprint density at radius 2 is 2.15 bits per heavy atom. The van der Waals surface area contributed by atoms with E-state index in [-0.39, 0.29) is 0 Å². The Morgan fingerprint density at radius 1 is 1.35 bits per heavy atom. The SMILES string of the molecule is COCCC(Nc1nccn2ncc(Br)c12)c1cccc(C(F)(F)F)c1. The third-order valence-electron chi connectivity index (χ3n) is 3.92. The van der Waals surface area contributed by atoms with Gasteiger partial charge < -0.3 is 10.1 Å². The summed E-state index contributed by atoms with van der Waals surface area (Å²) in [5, 5.41) is 7.41. The van der Waals surface area contributed by atoms with Gasteiger partial charge in [0.05, 0.1) is 22.3 Å². The van der Waals surface area contributed by atoms with E-state index in [4.69, 9.17) is 4.74 Å². The molecule has 1 unspecified atom stereocenters. The summed E-state index contributed by atoms with van der Waals surface area (Å²) in [5.74, 6) is 0.524. The summed E-state index contributed by atoms with van der Waals surface area (Å²) in [5.41, 5.74) is 0.536. The topological polar surface area (TPSA) is 51.5 Å². The number of rotatable bonds is 6. The lowest BCUT2D eigenvalue weighted by atomic mass is 10.0. The average Bonchev–Trinajstić information content (AvgIpc) is 3.00. The zero-order valence-corrected chi connectivity index (χ0v) is 15.4. The zero-order valence-electron chi connectivity index (χ0n) is 13.8. The summed E-state index contributed by atoms with van der Waals surface area (Å²) in [4.78, 5) is 4.32. The van der Waals surface area contributed by atoms with Crippen LogP contribution in [0.5, 0.6) is 0 Å². The highest BCUT2D eigenvalue weighted by molar-refractivity contribution is 9.10. The molecule has 3 rings (SSSR count). The smallest absolute Gasteiger partial charge is 0.385 e. The molecule has 0 aliphatic carbocycles. The molecule has 9 heteroatoms. The van der Waals surface area contributed by atoms with Gasteiger partial charge >= 0.3 is 6.18 Å². The second kappa shape index (κ2) is 7.63. The van der Waals surface area contributed by atoms with Crippen molar-refractivity contribution in [1.82, 2.24) is 14.6 Å². The first-order valence-electron chi connectivity index (χ1n) is 7.80. The maximum atomic E-state index is 13.1. The van der Waals surface area contributed by atoms with Crippen molar-refractivity contribution in [2.75, 3.05) is 19.0 Å². The molecule has 138 valence electrons. The van der Waals surface area contributed by atoms with Gasteiger partial charge in [-0.2, -0.15) is 18.3 Å². The fourth-order valence-corrected chi connectivity index (χ4v) is 3.13. The quantitative estimate of drug-likeness (QED) is 0.618. The highest BCUT2D eigenvalue weighted by Gasteiger charge is 2.31. The number of alkyl halides is 3. The molecule has 3 aromatic rings. The third kappa shape index (κ3) is 3.99. The molecule has 1 atom stereocenters. The normalized spacial score (nSPS) is 13.1. The summed E-state index contributed by atoms with van der Waals surface area (Å²) < 4.78 is 46.7. The first-order chi connectivity index (χ1) is 12.4. The number of fused-ring (bicyclic) bond motifs is 1. The summed E-state index contributed by atoms with van der Waals surface area (Å²) in [6.07, 6.45) is 0.992. The number of hydrogen-bond acceptors (Lipinski definition) is 4. The van der Waals surface area contributed by atoms with Gasteiger partial charge in [-0.3, -0.25) is 0 Å². The lowest BCUT2D eigenvalue weighted by Gasteiger charge is -2.21. The monoisotopic (exact) mass is 428 g/mol. The van der Waals surface area contributed by atoms with Crippen LogP contribution in [0.2, 0.25) is 0 Å². The molecule has 0 saturated heterocycles. The molecule has 0 aliphatic heterocycles. The molecule has 0 aliphatic rings. The van der Waals surface area contributed by atoms with Crippen LogP contribution in [0.25, 0.3) is 5.52 Å². The van der Waals surface area contributed by atoms with Crippen LogP contribution in [0.3, 0.4) is 0 Å². The molecule has 5 nitrogen and oxygen atoms in total. The van der Waals surface area contributed by atoms with Crippen LogP contribution in [0, 0.1) is 0 Å². The van der Waals surface area contributed by atoms with Gasteiger partial charge in [0.15, 0.2) is 5.82 Å². The van der Waals surface area contributed by atoms with Gasteiger partial charge in [-0.25, -0.2) is 9.50 Å². The van der Waals surface area contributed by atoms with Crippen LogP contribution in [-0.2, 0) is 10.9 Å². The Balaban J connectivity index is 1.97. The third-order valence-corrected chi connectivity index (χ3v) is 4.50. The average molecular weight is 429 g/mol. The van der Waals surface area contributed by atoms with Crippen molar-refractivity contribution >= 4 is 27.3 Å². The lowest BCUT2D eigenvalue weighted by molar-refractivity contribution is -0.137. The molecule has 1 N–H and O–H groups in total. The van der Waals surface area contributed by atoms with Gasteiger partial charge in [0.2, 0.25) is 0 Å². The van der Waals surface area contributed by atoms with Gasteiger partial charge in [-0.05, 0) is 40.0 Å². The Morgan fingerprint density at radius 3 is 2.88 bits per heavy atom. The van der Waals surface area contributed by atoms with Crippen molar-refractivity contribution < 1.29 is 17.9 Å². The summed E-state index contributed by atoms with van der Waals surface area (Å²) >= 11 is 3.42. The van der Waals surface area contributed by atoms with Crippen molar-refractivity contribution in [2.45, 2.75) is 18.6 Å². The molecular weight excluding hydrogens is 413 g/mol. The number of nitrogens with one attached hydrogen (secondary N) is 1. The molecule has 0 fully saturated rings. The van der Waals surface area contributed by atoms with E-state index in [9.17, 15) is 13.2 Å². The largest absolute Gasteiger partial charge is 0.416 e. The first kappa shape index (κ1) is 18.7. The summed E-state index contributed by atoms with van der Waals surface area (Å²) in [6.45, 7) is 0.386. The highest BCUT2D eigenvalue weighted by atomic mass is 79.9. The van der Waals surface area contributed by atoms with E-state index in [2.05, 4.69) is 31.3 Å². The number of halogens is 4. The fourth-order valence-electron chi connectivity index (χ4n) is 2.67. The van der Waals surface area contributed by atoms with E-state index in [1.807, 2.05) is 0 Å². The minimum Gasteiger partial charge on any atom is -0.385 e. The number of benzene rings is 1. The van der Waals surface area contributed by atoms with Gasteiger partial charge in [0, 0.05) is 26.1 Å². The van der Waals surface area contributed by atoms with Crippen LogP contribution in [-0.4, -0.2) is 28.3 Å². The minimum absolute atomic E-state index is 0.386. The van der Waals surface area contributed by atoms with E-state index in [1.54, 1.807) is 36.3 Å². The number of nitrogens with zero attached hydrogens (tertiary/aromatic N) is 3. The molecule has 0 radical (unpaired) electrons. The van der Waals surface area contributed by atoms with Crippen LogP contribution >= 0.6 is 15.9 Å². The van der Waals surface area contributed by atoms with Gasteiger partial charge in [-0.1, -0.05) is 12.1 Å². The standard InChI is InChI=1S/C17H16BrF3N4O/c1-26-8-5-14(11-3-2-4-12(9-11)17(19,20)21)24-16-15-13(18)10-23-25(15)7-6-22-16/h2-4,6-7,9-10,14H,5,8H2,1H3,(H,22,24). The number of aromatic nitrogens is 3. The van der Waals surface area contributed by atoms with Gasteiger partial charge in [0.1, 0.15) is 5.52 Å². The van der Waals surface area contributed by atoms with Crippen LogP contribution < -0.4 is 5.32 Å². The molecule has 26 heavy (non-hydrogen) atoms. The maximum absolute atomic E-state index is 13.1. The second-order valence-corrected chi connectivity index (χ2v) is 6.52. The second-order valence-electron chi connectivity index (χ2n) is 5.66. The highest BCUT2D eigenvalue weighted by Crippen LogP contribution is 2.33. The number of ether oxygens (including phenoxy) is 1. The predicted octanol–water partition coefficient (Wildman–Crippen LogP) is 4.70. The molecule has 0 amide bonds. The van der Waals surface area contributed by atoms with Gasteiger partial charge in [-0.15, -0.1) is 0 Å². The molecule has 2 heterocycles. The van der Waals surface area contributed by atoms with E-state index in [1.165, 1.54) is 6.07 Å². The molecular formula is C17H16BrF3N4O. The van der Waals surface area contributed by atoms with Crippen molar-refractivity contribution in [3.63, 3.8) is 0 Å². The van der Waals surface area contributed by atoms with E-state index in [0.717, 1.165) is 16.6 Å². The van der Waals surface area contributed by atoms with E-state index < -0.39 is 17.8 Å². The summed E-state index contributed by atoms with van der Waals surface area (Å²) in [6, 6.07) is 4.87. The van der Waals surface area contributed by atoms with Crippen LogP contribution in [0.1, 0.15) is 23.6 Å². The maximum Gasteiger partial charge on any atom is 0.416 e. The fraction of sp³-hybridized carbons (Fsp3) is 0.294. The van der Waals surface area contributed by atoms with Crippen molar-refractivity contribution in [3.8, 4) is 0 Å². The number of anilines is 1. The van der Waals surface area contributed by atoms with Crippen molar-refractivity contribution in [1.29, 1.82) is 0 Å². The van der Waals surface area contributed by atoms with Crippen molar-refractivity contribution in [3.05, 3.63) is 58.5 Å².